The number of nitrogens with one attached hydrogen (secondary N) is 1. The molecule has 1 aromatic heterocycles. The smallest absolute Gasteiger partial charge is 0.157 e. The van der Waals surface area contributed by atoms with Gasteiger partial charge in [-0.3, -0.25) is 4.99 Å². The minimum Gasteiger partial charge on any atom is -0.361 e. The minimum atomic E-state index is 0.595. The maximum Gasteiger partial charge on any atom is 0.157 e. The van der Waals surface area contributed by atoms with Crippen molar-refractivity contribution in [3.8, 4) is 0 Å². The van der Waals surface area contributed by atoms with Crippen LogP contribution < -0.4 is 5.32 Å². The van der Waals surface area contributed by atoms with Gasteiger partial charge in [0.05, 0.1) is 6.54 Å². The Kier molecular flexibility index (Phi) is 3.70. The van der Waals surface area contributed by atoms with Crippen molar-refractivity contribution in [3.63, 3.8) is 0 Å². The van der Waals surface area contributed by atoms with Gasteiger partial charge < -0.3 is 5.32 Å². The molecule has 2 rings (SSSR count). The summed E-state index contributed by atoms with van der Waals surface area (Å²) in [6.07, 6.45) is 0. The van der Waals surface area contributed by atoms with Crippen LogP contribution in [0.25, 0.3) is 0 Å². The van der Waals surface area contributed by atoms with Gasteiger partial charge in [-0.1, -0.05) is 31.7 Å². The van der Waals surface area contributed by atoms with E-state index < -0.39 is 0 Å². The SMILES string of the molecule is CC(C)C1CSC(=NCc2cccs2)N1. The summed E-state index contributed by atoms with van der Waals surface area (Å²) in [7, 11) is 0. The van der Waals surface area contributed by atoms with Crippen LogP contribution in [0, 0.1) is 5.92 Å². The Morgan fingerprint density at radius 2 is 2.47 bits per heavy atom. The fourth-order valence-electron chi connectivity index (χ4n) is 1.41. The van der Waals surface area contributed by atoms with Crippen molar-refractivity contribution in [2.24, 2.45) is 10.9 Å². The predicted octanol–water partition coefficient (Wildman–Crippen LogP) is 2.97. The summed E-state index contributed by atoms with van der Waals surface area (Å²) < 4.78 is 0. The van der Waals surface area contributed by atoms with Gasteiger partial charge in [0.2, 0.25) is 0 Å². The second kappa shape index (κ2) is 5.03. The number of hydrogen-bond acceptors (Lipinski definition) is 3. The molecule has 1 aliphatic rings. The third-order valence-electron chi connectivity index (χ3n) is 2.47. The molecule has 1 unspecified atom stereocenters. The highest BCUT2D eigenvalue weighted by Gasteiger charge is 2.22. The molecule has 0 bridgehead atoms. The molecule has 1 saturated heterocycles. The predicted molar refractivity (Wildman–Crippen MR) is 69.7 cm³/mol. The van der Waals surface area contributed by atoms with Crippen molar-refractivity contribution >= 4 is 28.3 Å². The maximum atomic E-state index is 4.58. The number of thiophene rings is 1. The lowest BCUT2D eigenvalue weighted by Gasteiger charge is -2.12. The molecule has 1 atom stereocenters. The molecule has 0 aliphatic carbocycles. The lowest BCUT2D eigenvalue weighted by Crippen LogP contribution is -2.31. The molecular formula is C11H16N2S2. The van der Waals surface area contributed by atoms with E-state index >= 15 is 0 Å². The van der Waals surface area contributed by atoms with Gasteiger partial charge in [0, 0.05) is 16.7 Å². The van der Waals surface area contributed by atoms with Crippen molar-refractivity contribution in [3.05, 3.63) is 22.4 Å². The minimum absolute atomic E-state index is 0.595. The average Bonchev–Trinajstić information content (AvgIpc) is 2.86. The molecule has 0 spiro atoms. The normalized spacial score (nSPS) is 23.7. The molecule has 1 aliphatic heterocycles. The van der Waals surface area contributed by atoms with E-state index in [0.717, 1.165) is 17.5 Å². The Morgan fingerprint density at radius 1 is 1.60 bits per heavy atom. The second-order valence-corrected chi connectivity index (χ2v) is 6.05. The van der Waals surface area contributed by atoms with Gasteiger partial charge >= 0.3 is 0 Å². The first-order valence-corrected chi connectivity index (χ1v) is 7.08. The first kappa shape index (κ1) is 11.0. The average molecular weight is 240 g/mol. The molecule has 1 fully saturated rings. The summed E-state index contributed by atoms with van der Waals surface area (Å²) in [4.78, 5) is 5.91. The molecule has 1 N–H and O–H groups in total. The molecule has 1 aromatic rings. The first-order valence-electron chi connectivity index (χ1n) is 5.22. The zero-order valence-corrected chi connectivity index (χ0v) is 10.7. The van der Waals surface area contributed by atoms with Gasteiger partial charge in [-0.2, -0.15) is 0 Å². The fourth-order valence-corrected chi connectivity index (χ4v) is 3.24. The first-order chi connectivity index (χ1) is 7.25. The third kappa shape index (κ3) is 2.98. The quantitative estimate of drug-likeness (QED) is 0.878. The number of rotatable bonds is 3. The van der Waals surface area contributed by atoms with Crippen LogP contribution in [0.15, 0.2) is 22.5 Å². The third-order valence-corrected chi connectivity index (χ3v) is 4.38. The second-order valence-electron chi connectivity index (χ2n) is 4.01. The van der Waals surface area contributed by atoms with Gasteiger partial charge in [-0.15, -0.1) is 11.3 Å². The van der Waals surface area contributed by atoms with Crippen molar-refractivity contribution in [1.29, 1.82) is 0 Å². The summed E-state index contributed by atoms with van der Waals surface area (Å²) in [6.45, 7) is 5.32. The topological polar surface area (TPSA) is 24.4 Å². The molecule has 0 radical (unpaired) electrons. The van der Waals surface area contributed by atoms with Gasteiger partial charge in [0.1, 0.15) is 0 Å². The molecule has 2 heterocycles. The summed E-state index contributed by atoms with van der Waals surface area (Å²) in [6, 6.07) is 4.80. The molecular weight excluding hydrogens is 224 g/mol. The van der Waals surface area contributed by atoms with E-state index in [1.807, 2.05) is 11.8 Å². The highest BCUT2D eigenvalue weighted by Crippen LogP contribution is 2.20. The van der Waals surface area contributed by atoms with Crippen LogP contribution in [0.3, 0.4) is 0 Å². The van der Waals surface area contributed by atoms with Crippen LogP contribution in [0.2, 0.25) is 0 Å². The number of hydrogen-bond donors (Lipinski definition) is 1. The van der Waals surface area contributed by atoms with E-state index in [1.165, 1.54) is 4.88 Å². The van der Waals surface area contributed by atoms with E-state index in [2.05, 4.69) is 41.7 Å². The largest absolute Gasteiger partial charge is 0.361 e. The molecule has 82 valence electrons. The lowest BCUT2D eigenvalue weighted by molar-refractivity contribution is 0.503. The van der Waals surface area contributed by atoms with E-state index in [0.29, 0.717) is 12.0 Å². The molecule has 0 saturated carbocycles. The maximum absolute atomic E-state index is 4.58. The van der Waals surface area contributed by atoms with Gasteiger partial charge in [0.25, 0.3) is 0 Å². The van der Waals surface area contributed by atoms with Crippen LogP contribution in [-0.2, 0) is 6.54 Å². The van der Waals surface area contributed by atoms with Crippen molar-refractivity contribution in [1.82, 2.24) is 5.32 Å². The highest BCUT2D eigenvalue weighted by molar-refractivity contribution is 8.14. The van der Waals surface area contributed by atoms with Gasteiger partial charge in [-0.05, 0) is 17.4 Å². The lowest BCUT2D eigenvalue weighted by atomic mass is 10.1. The Balaban J connectivity index is 1.88. The molecule has 4 heteroatoms. The van der Waals surface area contributed by atoms with E-state index in [1.54, 1.807) is 11.3 Å². The Bertz CT molecular complexity index is 330. The number of amidine groups is 1. The number of thioether (sulfide) groups is 1. The van der Waals surface area contributed by atoms with Crippen molar-refractivity contribution in [2.45, 2.75) is 26.4 Å². The number of aliphatic imine (C=N–C) groups is 1. The van der Waals surface area contributed by atoms with Crippen LogP contribution in [0.5, 0.6) is 0 Å². The van der Waals surface area contributed by atoms with Crippen molar-refractivity contribution < 1.29 is 0 Å². The van der Waals surface area contributed by atoms with E-state index in [9.17, 15) is 0 Å². The molecule has 2 nitrogen and oxygen atoms in total. The Labute approximate surface area is 99.2 Å². The summed E-state index contributed by atoms with van der Waals surface area (Å²) >= 11 is 3.61. The number of nitrogens with zero attached hydrogens (tertiary/aromatic N) is 1. The van der Waals surface area contributed by atoms with Crippen LogP contribution in [-0.4, -0.2) is 17.0 Å². The standard InChI is InChI=1S/C11H16N2S2/c1-8(2)10-7-15-11(13-10)12-6-9-4-3-5-14-9/h3-5,8,10H,6-7H2,1-2H3,(H,12,13). The highest BCUT2D eigenvalue weighted by atomic mass is 32.2. The zero-order valence-electron chi connectivity index (χ0n) is 9.06. The van der Waals surface area contributed by atoms with Crippen molar-refractivity contribution in [2.75, 3.05) is 5.75 Å². The summed E-state index contributed by atoms with van der Waals surface area (Å²) in [5.41, 5.74) is 0. The summed E-state index contributed by atoms with van der Waals surface area (Å²) in [5.74, 6) is 1.84. The monoisotopic (exact) mass is 240 g/mol. The van der Waals surface area contributed by atoms with Crippen LogP contribution in [0.4, 0.5) is 0 Å². The van der Waals surface area contributed by atoms with Gasteiger partial charge in [0.15, 0.2) is 5.17 Å². The van der Waals surface area contributed by atoms with Gasteiger partial charge in [-0.25, -0.2) is 0 Å². The summed E-state index contributed by atoms with van der Waals surface area (Å²) in [5, 5.41) is 6.68. The Hall–Kier alpha value is -0.480. The van der Waals surface area contributed by atoms with E-state index in [4.69, 9.17) is 0 Å². The van der Waals surface area contributed by atoms with Crippen LogP contribution >= 0.6 is 23.1 Å². The zero-order chi connectivity index (χ0) is 10.7. The molecule has 0 aromatic carbocycles. The van der Waals surface area contributed by atoms with E-state index in [-0.39, 0.29) is 0 Å². The molecule has 15 heavy (non-hydrogen) atoms. The Morgan fingerprint density at radius 3 is 3.07 bits per heavy atom. The fraction of sp³-hybridized carbons (Fsp3) is 0.545. The van der Waals surface area contributed by atoms with Crippen LogP contribution in [0.1, 0.15) is 18.7 Å². The molecule has 0 amide bonds.